The number of fused-ring (bicyclic) bond motifs is 2. The van der Waals surface area contributed by atoms with Crippen LogP contribution in [0.5, 0.6) is 0 Å². The molecule has 0 aliphatic rings. The van der Waals surface area contributed by atoms with E-state index >= 15 is 0 Å². The summed E-state index contributed by atoms with van der Waals surface area (Å²) in [4.78, 5) is 32.6. The summed E-state index contributed by atoms with van der Waals surface area (Å²) in [5.74, 6) is -1.40. The van der Waals surface area contributed by atoms with Crippen molar-refractivity contribution < 1.29 is 14.1 Å². The lowest BCUT2D eigenvalue weighted by Crippen LogP contribution is -2.32. The van der Waals surface area contributed by atoms with E-state index in [9.17, 15) is 19.3 Å². The second-order valence-corrected chi connectivity index (χ2v) is 7.16. The van der Waals surface area contributed by atoms with Crippen molar-refractivity contribution in [3.63, 3.8) is 0 Å². The highest BCUT2D eigenvalue weighted by molar-refractivity contribution is 6.11. The molecule has 2 heterocycles. The van der Waals surface area contributed by atoms with Gasteiger partial charge in [-0.15, -0.1) is 0 Å². The van der Waals surface area contributed by atoms with Crippen molar-refractivity contribution in [2.24, 2.45) is 0 Å². The molecule has 9 nitrogen and oxygen atoms in total. The number of para-hydroxylation sites is 2. The lowest BCUT2D eigenvalue weighted by Gasteiger charge is -2.11. The Morgan fingerprint density at radius 2 is 1.94 bits per heavy atom. The Kier molecular flexibility index (Phi) is 4.97. The second-order valence-electron chi connectivity index (χ2n) is 7.16. The van der Waals surface area contributed by atoms with Gasteiger partial charge < -0.3 is 11.1 Å². The topological polar surface area (TPSA) is 129 Å². The SMILES string of the molecule is CC[C@H](C)NC(=O)c1c(N)n(-c2ccc(F)c([N+](=O)[O-])c2)c2nc3ccccc3nc12. The molecule has 0 aliphatic carbocycles. The van der Waals surface area contributed by atoms with Gasteiger partial charge in [0.1, 0.15) is 16.9 Å². The smallest absolute Gasteiger partial charge is 0.306 e. The molecule has 0 saturated carbocycles. The molecule has 4 aromatic rings. The average Bonchev–Trinajstić information content (AvgIpc) is 3.03. The van der Waals surface area contributed by atoms with Crippen LogP contribution in [-0.4, -0.2) is 31.4 Å². The van der Waals surface area contributed by atoms with Crippen molar-refractivity contribution in [3.05, 3.63) is 64.0 Å². The van der Waals surface area contributed by atoms with Crippen LogP contribution in [0.2, 0.25) is 0 Å². The molecule has 0 radical (unpaired) electrons. The number of hydrogen-bond acceptors (Lipinski definition) is 6. The summed E-state index contributed by atoms with van der Waals surface area (Å²) in [6.07, 6.45) is 0.711. The van der Waals surface area contributed by atoms with E-state index in [-0.39, 0.29) is 34.3 Å². The molecule has 0 unspecified atom stereocenters. The van der Waals surface area contributed by atoms with Crippen molar-refractivity contribution in [2.75, 3.05) is 5.73 Å². The Bertz CT molecular complexity index is 1350. The fourth-order valence-electron chi connectivity index (χ4n) is 3.32. The first kappa shape index (κ1) is 20.2. The van der Waals surface area contributed by atoms with Crippen LogP contribution in [-0.2, 0) is 0 Å². The number of halogens is 1. The van der Waals surface area contributed by atoms with Gasteiger partial charge in [0.05, 0.1) is 21.6 Å². The Hall–Kier alpha value is -4.08. The van der Waals surface area contributed by atoms with Crippen molar-refractivity contribution in [2.45, 2.75) is 26.3 Å². The number of nitro groups is 1. The number of aromatic nitrogens is 3. The largest absolute Gasteiger partial charge is 0.384 e. The number of rotatable bonds is 5. The minimum absolute atomic E-state index is 0.00650. The van der Waals surface area contributed by atoms with E-state index in [4.69, 9.17) is 5.73 Å². The van der Waals surface area contributed by atoms with Crippen molar-refractivity contribution >= 4 is 39.6 Å². The normalized spacial score (nSPS) is 12.2. The third-order valence-corrected chi connectivity index (χ3v) is 5.10. The molecule has 31 heavy (non-hydrogen) atoms. The number of benzene rings is 2. The zero-order valence-corrected chi connectivity index (χ0v) is 16.8. The fraction of sp³-hybridized carbons (Fsp3) is 0.190. The third-order valence-electron chi connectivity index (χ3n) is 5.10. The number of anilines is 1. The highest BCUT2D eigenvalue weighted by atomic mass is 19.1. The Labute approximate surface area is 175 Å². The molecule has 4 rings (SSSR count). The number of nitrogens with two attached hydrogens (primary N) is 1. The van der Waals surface area contributed by atoms with Gasteiger partial charge >= 0.3 is 5.69 Å². The van der Waals surface area contributed by atoms with E-state index in [0.717, 1.165) is 12.1 Å². The number of nitrogens with one attached hydrogen (secondary N) is 1. The highest BCUT2D eigenvalue weighted by Gasteiger charge is 2.26. The Morgan fingerprint density at radius 1 is 1.26 bits per heavy atom. The summed E-state index contributed by atoms with van der Waals surface area (Å²) < 4.78 is 15.3. The molecule has 158 valence electrons. The standard InChI is InChI=1S/C21H19FN6O3/c1-3-11(2)24-21(29)17-18-20(26-15-7-5-4-6-14(15)25-18)27(19(17)23)12-8-9-13(22)16(10-12)28(30)31/h4-11H,3,23H2,1-2H3,(H,24,29)/t11-/m0/s1. The molecular formula is C21H19FN6O3. The van der Waals surface area contributed by atoms with E-state index in [1.807, 2.05) is 13.8 Å². The number of hydrogen-bond donors (Lipinski definition) is 2. The van der Waals surface area contributed by atoms with Crippen molar-refractivity contribution in [1.82, 2.24) is 19.9 Å². The van der Waals surface area contributed by atoms with Crippen LogP contribution in [0.15, 0.2) is 42.5 Å². The monoisotopic (exact) mass is 422 g/mol. The molecule has 2 aromatic heterocycles. The first-order valence-electron chi connectivity index (χ1n) is 9.63. The minimum Gasteiger partial charge on any atom is -0.384 e. The van der Waals surface area contributed by atoms with Crippen LogP contribution in [0.1, 0.15) is 30.6 Å². The third kappa shape index (κ3) is 3.41. The van der Waals surface area contributed by atoms with Gasteiger partial charge in [0.2, 0.25) is 5.82 Å². The molecule has 0 bridgehead atoms. The molecule has 0 fully saturated rings. The van der Waals surface area contributed by atoms with Gasteiger partial charge in [0.15, 0.2) is 5.65 Å². The number of carbonyl (C=O) groups excluding carboxylic acids is 1. The van der Waals surface area contributed by atoms with Gasteiger partial charge in [0.25, 0.3) is 5.91 Å². The zero-order valence-electron chi connectivity index (χ0n) is 16.8. The molecule has 0 saturated heterocycles. The first-order valence-corrected chi connectivity index (χ1v) is 9.63. The van der Waals surface area contributed by atoms with Gasteiger partial charge in [-0.25, -0.2) is 9.97 Å². The van der Waals surface area contributed by atoms with Gasteiger partial charge in [0, 0.05) is 12.1 Å². The van der Waals surface area contributed by atoms with Gasteiger partial charge in [-0.05, 0) is 37.6 Å². The molecule has 0 spiro atoms. The van der Waals surface area contributed by atoms with E-state index in [1.165, 1.54) is 10.6 Å². The lowest BCUT2D eigenvalue weighted by molar-refractivity contribution is -0.387. The molecule has 0 aliphatic heterocycles. The summed E-state index contributed by atoms with van der Waals surface area (Å²) >= 11 is 0. The maximum Gasteiger partial charge on any atom is 0.306 e. The number of carbonyl (C=O) groups is 1. The van der Waals surface area contributed by atoms with E-state index in [0.29, 0.717) is 17.5 Å². The van der Waals surface area contributed by atoms with E-state index in [1.54, 1.807) is 24.3 Å². The lowest BCUT2D eigenvalue weighted by atomic mass is 10.2. The molecule has 3 N–H and O–H groups in total. The maximum absolute atomic E-state index is 13.9. The minimum atomic E-state index is -0.977. The summed E-state index contributed by atoms with van der Waals surface area (Å²) in [6.45, 7) is 3.79. The summed E-state index contributed by atoms with van der Waals surface area (Å²) in [5, 5.41) is 14.1. The first-order chi connectivity index (χ1) is 14.8. The maximum atomic E-state index is 13.9. The van der Waals surface area contributed by atoms with Crippen LogP contribution in [0.4, 0.5) is 15.9 Å². The van der Waals surface area contributed by atoms with E-state index < -0.39 is 22.3 Å². The van der Waals surface area contributed by atoms with Crippen LogP contribution in [0, 0.1) is 15.9 Å². The van der Waals surface area contributed by atoms with Crippen LogP contribution in [0.3, 0.4) is 0 Å². The molecule has 2 aromatic carbocycles. The predicted octanol–water partition coefficient (Wildman–Crippen LogP) is 3.73. The quantitative estimate of drug-likeness (QED) is 0.372. The number of nitro benzene ring substituents is 1. The van der Waals surface area contributed by atoms with Gasteiger partial charge in [-0.1, -0.05) is 19.1 Å². The molecular weight excluding hydrogens is 403 g/mol. The highest BCUT2D eigenvalue weighted by Crippen LogP contribution is 2.32. The second kappa shape index (κ2) is 7.63. The van der Waals surface area contributed by atoms with Crippen LogP contribution >= 0.6 is 0 Å². The number of amides is 1. The van der Waals surface area contributed by atoms with Gasteiger partial charge in [-0.2, -0.15) is 4.39 Å². The van der Waals surface area contributed by atoms with Crippen molar-refractivity contribution in [3.8, 4) is 5.69 Å². The summed E-state index contributed by atoms with van der Waals surface area (Å²) in [5.41, 5.74) is 7.57. The zero-order chi connectivity index (χ0) is 22.3. The predicted molar refractivity (Wildman–Crippen MR) is 115 cm³/mol. The molecule has 10 heteroatoms. The summed E-state index contributed by atoms with van der Waals surface area (Å²) in [7, 11) is 0. The Morgan fingerprint density at radius 3 is 2.58 bits per heavy atom. The number of nitrogens with zero attached hydrogens (tertiary/aromatic N) is 4. The number of nitrogen functional groups attached to an aromatic ring is 1. The van der Waals surface area contributed by atoms with Crippen molar-refractivity contribution in [1.29, 1.82) is 0 Å². The average molecular weight is 422 g/mol. The molecule has 1 atom stereocenters. The Balaban J connectivity index is 2.04. The molecule has 1 amide bonds. The summed E-state index contributed by atoms with van der Waals surface area (Å²) in [6, 6.07) is 10.4. The fourth-order valence-corrected chi connectivity index (χ4v) is 3.32. The van der Waals surface area contributed by atoms with E-state index in [2.05, 4.69) is 15.3 Å². The van der Waals surface area contributed by atoms with Crippen LogP contribution in [0.25, 0.3) is 27.9 Å². The van der Waals surface area contributed by atoms with Gasteiger partial charge in [-0.3, -0.25) is 19.5 Å². The van der Waals surface area contributed by atoms with Crippen LogP contribution < -0.4 is 11.1 Å².